The first-order valence-corrected chi connectivity index (χ1v) is 20.3. The summed E-state index contributed by atoms with van der Waals surface area (Å²) in [7, 11) is 1.36. The number of fused-ring (bicyclic) bond motifs is 1. The minimum atomic E-state index is -1.91. The van der Waals surface area contributed by atoms with Crippen LogP contribution in [-0.2, 0) is 33.2 Å². The summed E-state index contributed by atoms with van der Waals surface area (Å²) < 4.78 is 50.0. The maximum atomic E-state index is 12.7. The maximum absolute atomic E-state index is 12.7. The van der Waals surface area contributed by atoms with Crippen molar-refractivity contribution < 1.29 is 109 Å². The number of rotatable bonds is 13. The van der Waals surface area contributed by atoms with Crippen LogP contribution in [0.3, 0.4) is 0 Å². The van der Waals surface area contributed by atoms with Crippen LogP contribution in [0.25, 0.3) is 12.2 Å². The van der Waals surface area contributed by atoms with E-state index in [-0.39, 0.29) is 45.8 Å². The van der Waals surface area contributed by atoms with E-state index in [9.17, 15) is 66.1 Å². The summed E-state index contributed by atoms with van der Waals surface area (Å²) in [5.41, 5.74) is 1.00. The number of hydrogen-bond donors (Lipinski definition) is 12. The summed E-state index contributed by atoms with van der Waals surface area (Å²) in [6.45, 7) is 0.0773. The van der Waals surface area contributed by atoms with Crippen molar-refractivity contribution >= 4 is 18.1 Å². The van der Waals surface area contributed by atoms with Crippen molar-refractivity contribution in [1.29, 1.82) is 0 Å². The highest BCUT2D eigenvalue weighted by atomic mass is 16.7. The predicted octanol–water partition coefficient (Wildman–Crippen LogP) is -1.74. The number of esters is 1. The lowest BCUT2D eigenvalue weighted by molar-refractivity contribution is -0.325. The summed E-state index contributed by atoms with van der Waals surface area (Å²) in [5, 5.41) is 126. The van der Waals surface area contributed by atoms with Gasteiger partial charge >= 0.3 is 5.97 Å². The second kappa shape index (κ2) is 20.1. The molecule has 0 radical (unpaired) electrons. The molecule has 7 rings (SSSR count). The van der Waals surface area contributed by atoms with Crippen molar-refractivity contribution in [2.75, 3.05) is 20.3 Å². The van der Waals surface area contributed by atoms with Crippen molar-refractivity contribution in [1.82, 2.24) is 0 Å². The summed E-state index contributed by atoms with van der Waals surface area (Å²) in [5.74, 6) is -1.43. The number of phenolic OH excluding ortho intramolecular Hbond substituents is 3. The molecule has 65 heavy (non-hydrogen) atoms. The van der Waals surface area contributed by atoms with Crippen LogP contribution in [0.4, 0.5) is 0 Å². The Kier molecular flexibility index (Phi) is 14.7. The zero-order chi connectivity index (χ0) is 46.9. The van der Waals surface area contributed by atoms with Crippen molar-refractivity contribution in [2.24, 2.45) is 0 Å². The average molecular weight is 920 g/mol. The number of hydrogen-bond acceptors (Lipinski definition) is 21. The molecule has 16 atom stereocenters. The van der Waals surface area contributed by atoms with Gasteiger partial charge in [-0.25, -0.2) is 4.79 Å². The maximum Gasteiger partial charge on any atom is 0.331 e. The molecule has 4 heterocycles. The Labute approximate surface area is 369 Å². The molecule has 22 nitrogen and oxygen atoms in total. The smallest absolute Gasteiger partial charge is 0.331 e. The van der Waals surface area contributed by atoms with E-state index in [0.717, 1.165) is 12.1 Å². The zero-order valence-electron chi connectivity index (χ0n) is 34.6. The van der Waals surface area contributed by atoms with Crippen LogP contribution in [-0.4, -0.2) is 184 Å². The first-order chi connectivity index (χ1) is 31.0. The molecule has 0 amide bonds. The van der Waals surface area contributed by atoms with E-state index in [2.05, 4.69) is 0 Å². The Balaban J connectivity index is 1.06. The second-order valence-corrected chi connectivity index (χ2v) is 15.7. The molecular weight excluding hydrogens is 868 g/mol. The van der Waals surface area contributed by atoms with Gasteiger partial charge in [-0.1, -0.05) is 6.07 Å². The van der Waals surface area contributed by atoms with Crippen LogP contribution in [0.1, 0.15) is 29.7 Å². The molecule has 0 aromatic heterocycles. The molecule has 3 aromatic carbocycles. The molecule has 4 aliphatic heterocycles. The number of aliphatic hydroxyl groups excluding tert-OH is 9. The van der Waals surface area contributed by atoms with E-state index < -0.39 is 117 Å². The van der Waals surface area contributed by atoms with Crippen molar-refractivity contribution in [2.45, 2.75) is 105 Å². The summed E-state index contributed by atoms with van der Waals surface area (Å²) >= 11 is 0. The topological polar surface area (TPSA) is 346 Å². The third-order valence-corrected chi connectivity index (χ3v) is 11.2. The normalized spacial score (nSPS) is 34.8. The van der Waals surface area contributed by atoms with Gasteiger partial charge in [0.15, 0.2) is 29.7 Å². The Bertz CT molecular complexity index is 2180. The fourth-order valence-corrected chi connectivity index (χ4v) is 7.57. The van der Waals surface area contributed by atoms with E-state index in [1.54, 1.807) is 0 Å². The van der Waals surface area contributed by atoms with Gasteiger partial charge in [0.1, 0.15) is 83.9 Å². The molecular formula is C43H51O22+. The SMILES string of the molecule is COc1cc(C=CC(=O)OC2C(C)OC(OCC3OC(OC4=Cc5c(OC6OC(CO)C(O)C(O)C6O)cc(O)cc5[OH+]C4c4ccc(O)cc4)C(O)C(O)C3O)C(O)C2O)ccc1O. The van der Waals surface area contributed by atoms with E-state index in [4.69, 9.17) is 42.6 Å². The Morgan fingerprint density at radius 3 is 2.03 bits per heavy atom. The number of ether oxygens (including phenoxy) is 9. The van der Waals surface area contributed by atoms with E-state index >= 15 is 0 Å². The second-order valence-electron chi connectivity index (χ2n) is 15.7. The third kappa shape index (κ3) is 10.2. The highest BCUT2D eigenvalue weighted by molar-refractivity contribution is 5.87. The molecule has 0 aliphatic carbocycles. The average Bonchev–Trinajstić information content (AvgIpc) is 3.29. The van der Waals surface area contributed by atoms with Gasteiger partial charge in [-0.3, -0.25) is 0 Å². The third-order valence-electron chi connectivity index (χ3n) is 11.2. The van der Waals surface area contributed by atoms with Gasteiger partial charge in [0, 0.05) is 18.2 Å². The van der Waals surface area contributed by atoms with Crippen LogP contribution in [0.15, 0.2) is 66.4 Å². The van der Waals surface area contributed by atoms with Gasteiger partial charge in [0.2, 0.25) is 12.6 Å². The molecule has 13 N–H and O–H groups in total. The van der Waals surface area contributed by atoms with Crippen molar-refractivity contribution in [3.63, 3.8) is 0 Å². The molecule has 22 heteroatoms. The summed E-state index contributed by atoms with van der Waals surface area (Å²) in [6.07, 6.45) is -22.0. The largest absolute Gasteiger partial charge is 0.571 e. The minimum Gasteiger partial charge on any atom is -0.571 e. The number of carbonyl (C=O) groups excluding carboxylic acids is 1. The Morgan fingerprint density at radius 2 is 1.35 bits per heavy atom. The lowest BCUT2D eigenvalue weighted by Gasteiger charge is -2.43. The first kappa shape index (κ1) is 47.6. The Morgan fingerprint density at radius 1 is 0.708 bits per heavy atom. The van der Waals surface area contributed by atoms with Gasteiger partial charge < -0.3 is 104 Å². The molecule has 4 aliphatic rings. The number of aliphatic hydroxyl groups is 10. The molecule has 3 aromatic rings. The zero-order valence-corrected chi connectivity index (χ0v) is 34.6. The number of aromatic hydroxyl groups is 4. The van der Waals surface area contributed by atoms with Crippen LogP contribution in [0.5, 0.6) is 34.5 Å². The monoisotopic (exact) mass is 919 g/mol. The van der Waals surface area contributed by atoms with Crippen molar-refractivity contribution in [3.05, 3.63) is 83.1 Å². The van der Waals surface area contributed by atoms with Crippen LogP contribution in [0.2, 0.25) is 0 Å². The van der Waals surface area contributed by atoms with Gasteiger partial charge in [-0.15, -0.1) is 0 Å². The highest BCUT2D eigenvalue weighted by Gasteiger charge is 2.50. The molecule has 3 fully saturated rings. The van der Waals surface area contributed by atoms with Crippen LogP contribution in [0, 0.1) is 0 Å². The standard InChI is InChI=1S/C43H50O22/c1-17-39(65-30(48)10-4-18-3-9-23(47)26(11-18)57-2)35(53)38(56)41(59-17)58-16-29-32(50)34(52)37(55)43(64-29)62-27-14-22-24(60-40(27)19-5-7-20(45)8-6-19)12-21(46)13-25(22)61-42-36(54)33(51)31(49)28(15-44)63-42/h3-14,17,28-29,31-47,49-56H,15-16H2,1-2H3/p+1. The molecule has 0 spiro atoms. The molecule has 354 valence electrons. The number of methoxy groups -OCH3 is 1. The van der Waals surface area contributed by atoms with Crippen LogP contribution >= 0.6 is 0 Å². The molecule has 0 bridgehead atoms. The number of phenols is 3. The number of carbonyl (C=O) groups is 1. The van der Waals surface area contributed by atoms with Crippen LogP contribution < -0.4 is 9.47 Å². The lowest BCUT2D eigenvalue weighted by atomic mass is 9.98. The van der Waals surface area contributed by atoms with Gasteiger partial charge in [0.05, 0.1) is 38.1 Å². The fraction of sp³-hybridized carbons (Fsp3) is 0.465. The van der Waals surface area contributed by atoms with E-state index in [1.807, 2.05) is 0 Å². The van der Waals surface area contributed by atoms with E-state index in [1.165, 1.54) is 74.7 Å². The van der Waals surface area contributed by atoms with Gasteiger partial charge in [-0.05, 0) is 55.0 Å². The van der Waals surface area contributed by atoms with Gasteiger partial charge in [0.25, 0.3) is 11.9 Å². The molecule has 3 saturated heterocycles. The number of benzene rings is 3. The fourth-order valence-electron chi connectivity index (χ4n) is 7.57. The first-order valence-electron chi connectivity index (χ1n) is 20.3. The van der Waals surface area contributed by atoms with Crippen molar-refractivity contribution in [3.8, 4) is 34.5 Å². The minimum absolute atomic E-state index is 0.0819. The quantitative estimate of drug-likeness (QED) is 0.0514. The van der Waals surface area contributed by atoms with Gasteiger partial charge in [-0.2, -0.15) is 0 Å². The molecule has 0 saturated carbocycles. The Hall–Kier alpha value is -5.31. The lowest BCUT2D eigenvalue weighted by Crippen LogP contribution is -2.61. The molecule has 16 unspecified atom stereocenters. The predicted molar refractivity (Wildman–Crippen MR) is 217 cm³/mol. The summed E-state index contributed by atoms with van der Waals surface area (Å²) in [6, 6.07) is 12.5. The highest BCUT2D eigenvalue weighted by Crippen LogP contribution is 2.47. The summed E-state index contributed by atoms with van der Waals surface area (Å²) in [4.78, 5) is 12.7. The van der Waals surface area contributed by atoms with E-state index in [0.29, 0.717) is 11.1 Å².